The van der Waals surface area contributed by atoms with Crippen LogP contribution in [0.15, 0.2) is 146 Å². The van der Waals surface area contributed by atoms with Gasteiger partial charge in [0.2, 0.25) is 0 Å². The lowest BCUT2D eigenvalue weighted by atomic mass is 10.1. The highest BCUT2D eigenvalue weighted by atomic mass is 16.6. The number of allylic oxidation sites excluding steroid dienone is 24. The summed E-state index contributed by atoms with van der Waals surface area (Å²) in [4.78, 5) is 37.8. The fraction of sp³-hybridized carbons (Fsp3) is 0.518. The molecule has 0 saturated carbocycles. The van der Waals surface area contributed by atoms with Crippen LogP contribution in [0.1, 0.15) is 168 Å². The molecule has 0 heterocycles. The predicted octanol–water partition coefficient (Wildman–Crippen LogP) is 15.7. The van der Waals surface area contributed by atoms with Crippen molar-refractivity contribution in [3.8, 4) is 0 Å². The van der Waals surface area contributed by atoms with Gasteiger partial charge < -0.3 is 14.2 Å². The molecular weight excluding hydrogens is 769 g/mol. The third kappa shape index (κ3) is 46.4. The van der Waals surface area contributed by atoms with Crippen molar-refractivity contribution in [1.82, 2.24) is 0 Å². The van der Waals surface area contributed by atoms with Gasteiger partial charge in [0.1, 0.15) is 13.2 Å². The van der Waals surface area contributed by atoms with Crippen LogP contribution in [0.2, 0.25) is 0 Å². The average Bonchev–Trinajstić information content (AvgIpc) is 3.27. The highest BCUT2D eigenvalue weighted by Gasteiger charge is 2.19. The molecule has 1 atom stereocenters. The minimum Gasteiger partial charge on any atom is -0.462 e. The molecule has 1 unspecified atom stereocenters. The van der Waals surface area contributed by atoms with Gasteiger partial charge >= 0.3 is 17.9 Å². The molecule has 0 aliphatic rings. The zero-order valence-electron chi connectivity index (χ0n) is 39.1. The summed E-state index contributed by atoms with van der Waals surface area (Å²) in [6, 6.07) is 0. The van der Waals surface area contributed by atoms with E-state index in [1.165, 1.54) is 12.8 Å². The zero-order valence-corrected chi connectivity index (χ0v) is 39.1. The van der Waals surface area contributed by atoms with Crippen molar-refractivity contribution in [2.45, 2.75) is 175 Å². The minimum absolute atomic E-state index is 0.123. The Hall–Kier alpha value is -4.71. The molecule has 0 amide bonds. The molecule has 0 spiro atoms. The number of rotatable bonds is 40. The second kappa shape index (κ2) is 49.0. The highest BCUT2D eigenvalue weighted by molar-refractivity contribution is 5.71. The Morgan fingerprint density at radius 2 is 0.661 bits per heavy atom. The molecule has 0 aliphatic heterocycles. The van der Waals surface area contributed by atoms with Crippen LogP contribution in [0.4, 0.5) is 0 Å². The number of unbranched alkanes of at least 4 members (excludes halogenated alkanes) is 11. The van der Waals surface area contributed by atoms with Crippen molar-refractivity contribution in [3.63, 3.8) is 0 Å². The number of ether oxygens (including phenoxy) is 3. The van der Waals surface area contributed by atoms with Crippen LogP contribution in [-0.4, -0.2) is 37.2 Å². The Morgan fingerprint density at radius 3 is 1.15 bits per heavy atom. The lowest BCUT2D eigenvalue weighted by molar-refractivity contribution is -0.167. The average molecular weight is 853 g/mol. The van der Waals surface area contributed by atoms with Crippen molar-refractivity contribution < 1.29 is 28.6 Å². The summed E-state index contributed by atoms with van der Waals surface area (Å²) in [6.45, 7) is 6.13. The first-order valence-corrected chi connectivity index (χ1v) is 23.9. The molecule has 0 saturated heterocycles. The minimum atomic E-state index is -0.822. The van der Waals surface area contributed by atoms with Gasteiger partial charge in [0, 0.05) is 19.3 Å². The van der Waals surface area contributed by atoms with Gasteiger partial charge in [-0.05, 0) is 96.3 Å². The maximum absolute atomic E-state index is 12.8. The van der Waals surface area contributed by atoms with Crippen molar-refractivity contribution in [2.24, 2.45) is 0 Å². The Kier molecular flexibility index (Phi) is 45.2. The maximum Gasteiger partial charge on any atom is 0.306 e. The van der Waals surface area contributed by atoms with Crippen LogP contribution >= 0.6 is 0 Å². The predicted molar refractivity (Wildman–Crippen MR) is 265 cm³/mol. The number of hydrogen-bond acceptors (Lipinski definition) is 6. The normalized spacial score (nSPS) is 13.4. The molecule has 0 aromatic rings. The number of esters is 3. The van der Waals surface area contributed by atoms with E-state index in [0.29, 0.717) is 12.8 Å². The van der Waals surface area contributed by atoms with Crippen LogP contribution < -0.4 is 0 Å². The summed E-state index contributed by atoms with van der Waals surface area (Å²) in [7, 11) is 0. The first-order chi connectivity index (χ1) is 30.5. The lowest BCUT2D eigenvalue weighted by Gasteiger charge is -2.18. The molecule has 0 fully saturated rings. The Morgan fingerprint density at radius 1 is 0.339 bits per heavy atom. The van der Waals surface area contributed by atoms with Crippen LogP contribution in [0, 0.1) is 0 Å². The fourth-order valence-electron chi connectivity index (χ4n) is 5.77. The van der Waals surface area contributed by atoms with Crippen molar-refractivity contribution in [3.05, 3.63) is 146 Å². The molecule has 0 aromatic heterocycles. The third-order valence-electron chi connectivity index (χ3n) is 9.26. The third-order valence-corrected chi connectivity index (χ3v) is 9.26. The standard InChI is InChI=1S/C56H84O6/c1-4-7-10-13-16-19-21-23-25-27-28-29-31-32-34-37-40-43-46-49-55(58)61-52-53(51-60-54(57)48-45-42-39-36-18-15-12-9-6-3)62-56(59)50-47-44-41-38-35-33-30-26-24-22-20-17-14-11-8-5-2/h7-13,16-21,23-29,31-32,34,36,53H,4-6,14-15,22,30,33,35,37-52H2,1-3H3/b10-7-,11-8-,12-9-,16-13-,20-17-,21-19-,25-23-,26-24-,28-27+,31-29-,34-32-,36-18-. The Balaban J connectivity index is 4.53. The topological polar surface area (TPSA) is 78.9 Å². The molecule has 0 rings (SSSR count). The number of hydrogen-bond donors (Lipinski definition) is 0. The Bertz CT molecular complexity index is 1440. The van der Waals surface area contributed by atoms with Gasteiger partial charge in [-0.15, -0.1) is 0 Å². The molecule has 0 aliphatic carbocycles. The van der Waals surface area contributed by atoms with Gasteiger partial charge in [0.25, 0.3) is 0 Å². The summed E-state index contributed by atoms with van der Waals surface area (Å²) < 4.78 is 16.6. The van der Waals surface area contributed by atoms with E-state index in [4.69, 9.17) is 14.2 Å². The van der Waals surface area contributed by atoms with Gasteiger partial charge in [-0.3, -0.25) is 14.4 Å². The van der Waals surface area contributed by atoms with E-state index in [-0.39, 0.29) is 44.0 Å². The second-order valence-corrected chi connectivity index (χ2v) is 15.1. The summed E-state index contributed by atoms with van der Waals surface area (Å²) in [6.07, 6.45) is 69.8. The summed E-state index contributed by atoms with van der Waals surface area (Å²) in [5.41, 5.74) is 0. The van der Waals surface area contributed by atoms with Crippen LogP contribution in [-0.2, 0) is 28.6 Å². The van der Waals surface area contributed by atoms with E-state index >= 15 is 0 Å². The zero-order chi connectivity index (χ0) is 45.1. The second-order valence-electron chi connectivity index (χ2n) is 15.1. The van der Waals surface area contributed by atoms with Gasteiger partial charge in [-0.25, -0.2) is 0 Å². The Labute approximate surface area is 378 Å². The first kappa shape index (κ1) is 57.3. The lowest BCUT2D eigenvalue weighted by Crippen LogP contribution is -2.30. The van der Waals surface area contributed by atoms with E-state index in [2.05, 4.69) is 93.7 Å². The number of carbonyl (C=O) groups excluding carboxylic acids is 3. The molecule has 0 bridgehead atoms. The molecule has 0 radical (unpaired) electrons. The fourth-order valence-corrected chi connectivity index (χ4v) is 5.77. The van der Waals surface area contributed by atoms with Gasteiger partial charge in [-0.2, -0.15) is 0 Å². The SMILES string of the molecule is CC\C=C/C=C\C=C/C=C\C=C\C=C/C=C\CCCCCC(=O)OCC(COC(=O)CCCC/C=C\C/C=C\CC)OC(=O)CCCCCCCC/C=C\C/C=C\C/C=C\CC. The molecular formula is C56H84O6. The smallest absolute Gasteiger partial charge is 0.306 e. The van der Waals surface area contributed by atoms with E-state index in [1.54, 1.807) is 0 Å². The highest BCUT2D eigenvalue weighted by Crippen LogP contribution is 2.12. The number of carbonyl (C=O) groups is 3. The van der Waals surface area contributed by atoms with Crippen molar-refractivity contribution in [1.29, 1.82) is 0 Å². The molecule has 0 aromatic carbocycles. The van der Waals surface area contributed by atoms with Gasteiger partial charge in [0.15, 0.2) is 6.10 Å². The maximum atomic E-state index is 12.8. The van der Waals surface area contributed by atoms with Crippen molar-refractivity contribution >= 4 is 17.9 Å². The first-order valence-electron chi connectivity index (χ1n) is 23.9. The monoisotopic (exact) mass is 853 g/mol. The van der Waals surface area contributed by atoms with Gasteiger partial charge in [0.05, 0.1) is 0 Å². The van der Waals surface area contributed by atoms with E-state index in [0.717, 1.165) is 109 Å². The molecule has 6 heteroatoms. The molecule has 344 valence electrons. The van der Waals surface area contributed by atoms with Crippen LogP contribution in [0.3, 0.4) is 0 Å². The molecule has 0 N–H and O–H groups in total. The van der Waals surface area contributed by atoms with Crippen LogP contribution in [0.5, 0.6) is 0 Å². The van der Waals surface area contributed by atoms with Gasteiger partial charge in [-0.1, -0.05) is 199 Å². The van der Waals surface area contributed by atoms with E-state index < -0.39 is 6.10 Å². The summed E-state index contributed by atoms with van der Waals surface area (Å²) in [5, 5.41) is 0. The molecule has 6 nitrogen and oxygen atoms in total. The van der Waals surface area contributed by atoms with E-state index in [1.807, 2.05) is 72.9 Å². The molecule has 62 heavy (non-hydrogen) atoms. The quantitative estimate of drug-likeness (QED) is 0.0201. The van der Waals surface area contributed by atoms with E-state index in [9.17, 15) is 14.4 Å². The largest absolute Gasteiger partial charge is 0.462 e. The van der Waals surface area contributed by atoms with Crippen LogP contribution in [0.25, 0.3) is 0 Å². The summed E-state index contributed by atoms with van der Waals surface area (Å²) in [5.74, 6) is -1.03. The van der Waals surface area contributed by atoms with Crippen molar-refractivity contribution in [2.75, 3.05) is 13.2 Å². The summed E-state index contributed by atoms with van der Waals surface area (Å²) >= 11 is 0.